The Kier molecular flexibility index (Phi) is 4.69. The molecule has 0 saturated heterocycles. The Labute approximate surface area is 134 Å². The zero-order chi connectivity index (χ0) is 15.5. The second-order valence-corrected chi connectivity index (χ2v) is 6.81. The molecule has 118 valence electrons. The van der Waals surface area contributed by atoms with Crippen molar-refractivity contribution in [1.29, 1.82) is 0 Å². The minimum Gasteiger partial charge on any atom is -0.497 e. The van der Waals surface area contributed by atoms with E-state index >= 15 is 0 Å². The normalized spacial score (nSPS) is 21.8. The van der Waals surface area contributed by atoms with Gasteiger partial charge in [-0.25, -0.2) is 0 Å². The molecule has 0 radical (unpaired) electrons. The van der Waals surface area contributed by atoms with Crippen LogP contribution in [0.3, 0.4) is 0 Å². The number of hydrogen-bond acceptors (Lipinski definition) is 5. The summed E-state index contributed by atoms with van der Waals surface area (Å²) in [6, 6.07) is 7.79. The van der Waals surface area contributed by atoms with Crippen molar-refractivity contribution in [2.45, 2.75) is 42.2 Å². The van der Waals surface area contributed by atoms with E-state index in [1.54, 1.807) is 18.9 Å². The van der Waals surface area contributed by atoms with E-state index in [-0.39, 0.29) is 11.4 Å². The van der Waals surface area contributed by atoms with Crippen LogP contribution in [0.1, 0.15) is 25.7 Å². The van der Waals surface area contributed by atoms with Crippen LogP contribution < -0.4 is 4.74 Å². The van der Waals surface area contributed by atoms with E-state index in [1.807, 2.05) is 35.9 Å². The van der Waals surface area contributed by atoms with E-state index in [0.717, 1.165) is 41.6 Å². The van der Waals surface area contributed by atoms with Crippen LogP contribution in [0.15, 0.2) is 29.4 Å². The van der Waals surface area contributed by atoms with Gasteiger partial charge in [-0.15, -0.1) is 10.2 Å². The molecule has 2 atom stereocenters. The largest absolute Gasteiger partial charge is 0.497 e. The topological polar surface area (TPSA) is 60.2 Å². The van der Waals surface area contributed by atoms with Crippen LogP contribution in [0.25, 0.3) is 11.4 Å². The molecule has 1 aromatic heterocycles. The average Bonchev–Trinajstić information content (AvgIpc) is 2.91. The van der Waals surface area contributed by atoms with Crippen LogP contribution in [-0.4, -0.2) is 38.3 Å². The first kappa shape index (κ1) is 15.4. The molecule has 1 heterocycles. The highest BCUT2D eigenvalue weighted by Gasteiger charge is 2.26. The summed E-state index contributed by atoms with van der Waals surface area (Å²) in [4.78, 5) is 0. The highest BCUT2D eigenvalue weighted by atomic mass is 32.2. The molecule has 1 aliphatic carbocycles. The number of rotatable bonds is 4. The maximum absolute atomic E-state index is 10.1. The van der Waals surface area contributed by atoms with Crippen molar-refractivity contribution in [1.82, 2.24) is 14.8 Å². The number of thioether (sulfide) groups is 1. The summed E-state index contributed by atoms with van der Waals surface area (Å²) >= 11 is 1.64. The number of benzene rings is 1. The van der Waals surface area contributed by atoms with E-state index < -0.39 is 0 Å². The molecular weight excluding hydrogens is 298 g/mol. The predicted octanol–water partition coefficient (Wildman–Crippen LogP) is 2.89. The Hall–Kier alpha value is -1.53. The lowest BCUT2D eigenvalue weighted by Gasteiger charge is -2.26. The molecule has 3 rings (SSSR count). The molecule has 1 saturated carbocycles. The highest BCUT2D eigenvalue weighted by Crippen LogP contribution is 2.34. The smallest absolute Gasteiger partial charge is 0.191 e. The second kappa shape index (κ2) is 6.71. The van der Waals surface area contributed by atoms with E-state index in [0.29, 0.717) is 0 Å². The van der Waals surface area contributed by atoms with Crippen molar-refractivity contribution in [2.75, 3.05) is 7.11 Å². The van der Waals surface area contributed by atoms with Gasteiger partial charge < -0.3 is 14.4 Å². The molecule has 1 aromatic carbocycles. The van der Waals surface area contributed by atoms with Crippen molar-refractivity contribution in [3.63, 3.8) is 0 Å². The van der Waals surface area contributed by atoms with Crippen LogP contribution in [0, 0.1) is 0 Å². The maximum atomic E-state index is 10.1. The van der Waals surface area contributed by atoms with Gasteiger partial charge in [-0.05, 0) is 37.1 Å². The Morgan fingerprint density at radius 1 is 1.18 bits per heavy atom. The molecule has 1 fully saturated rings. The van der Waals surface area contributed by atoms with Crippen LogP contribution in [0.4, 0.5) is 0 Å². The summed E-state index contributed by atoms with van der Waals surface area (Å²) in [7, 11) is 3.62. The Morgan fingerprint density at radius 3 is 2.59 bits per heavy atom. The van der Waals surface area contributed by atoms with Gasteiger partial charge in [-0.2, -0.15) is 0 Å². The number of ether oxygens (including phenoxy) is 1. The van der Waals surface area contributed by atoms with Crippen LogP contribution >= 0.6 is 11.8 Å². The van der Waals surface area contributed by atoms with Gasteiger partial charge in [0.15, 0.2) is 11.0 Å². The van der Waals surface area contributed by atoms with Crippen LogP contribution in [0.5, 0.6) is 5.75 Å². The number of aliphatic hydroxyl groups excluding tert-OH is 1. The average molecular weight is 319 g/mol. The van der Waals surface area contributed by atoms with Crippen LogP contribution in [-0.2, 0) is 7.05 Å². The van der Waals surface area contributed by atoms with E-state index in [2.05, 4.69) is 10.2 Å². The first-order chi connectivity index (χ1) is 10.7. The quantitative estimate of drug-likeness (QED) is 0.939. The fourth-order valence-corrected chi connectivity index (χ4v) is 3.94. The SMILES string of the molecule is COc1ccc(-c2nnc(SC3CCCCC3O)n2C)cc1. The van der Waals surface area contributed by atoms with E-state index in [4.69, 9.17) is 4.74 Å². The van der Waals surface area contributed by atoms with Gasteiger partial charge in [0.05, 0.1) is 13.2 Å². The first-order valence-corrected chi connectivity index (χ1v) is 8.45. The van der Waals surface area contributed by atoms with Gasteiger partial charge in [-0.3, -0.25) is 0 Å². The van der Waals surface area contributed by atoms with Gasteiger partial charge in [0.2, 0.25) is 0 Å². The summed E-state index contributed by atoms with van der Waals surface area (Å²) in [5.74, 6) is 1.65. The molecule has 0 bridgehead atoms. The minimum absolute atomic E-state index is 0.223. The van der Waals surface area contributed by atoms with Crippen molar-refractivity contribution in [2.24, 2.45) is 7.05 Å². The standard InChI is InChI=1S/C16H21N3O2S/c1-19-15(11-7-9-12(21-2)10-8-11)17-18-16(19)22-14-6-4-3-5-13(14)20/h7-10,13-14,20H,3-6H2,1-2H3. The molecular formula is C16H21N3O2S. The Bertz CT molecular complexity index is 627. The van der Waals surface area contributed by atoms with Crippen molar-refractivity contribution < 1.29 is 9.84 Å². The van der Waals surface area contributed by atoms with Gasteiger partial charge >= 0.3 is 0 Å². The van der Waals surface area contributed by atoms with Crippen molar-refractivity contribution >= 4 is 11.8 Å². The van der Waals surface area contributed by atoms with Gasteiger partial charge in [0.25, 0.3) is 0 Å². The molecule has 0 aliphatic heterocycles. The first-order valence-electron chi connectivity index (χ1n) is 7.57. The van der Waals surface area contributed by atoms with Gasteiger partial charge in [0.1, 0.15) is 5.75 Å². The lowest BCUT2D eigenvalue weighted by atomic mass is 9.97. The fraction of sp³-hybridized carbons (Fsp3) is 0.500. The number of aliphatic hydroxyl groups is 1. The number of hydrogen-bond donors (Lipinski definition) is 1. The molecule has 2 unspecified atom stereocenters. The zero-order valence-electron chi connectivity index (χ0n) is 12.9. The third kappa shape index (κ3) is 3.13. The maximum Gasteiger partial charge on any atom is 0.191 e. The number of methoxy groups -OCH3 is 1. The molecule has 0 spiro atoms. The molecule has 5 nitrogen and oxygen atoms in total. The highest BCUT2D eigenvalue weighted by molar-refractivity contribution is 7.99. The Morgan fingerprint density at radius 2 is 1.91 bits per heavy atom. The van der Waals surface area contributed by atoms with Crippen LogP contribution in [0.2, 0.25) is 0 Å². The third-order valence-electron chi connectivity index (χ3n) is 4.11. The molecule has 2 aromatic rings. The summed E-state index contributed by atoms with van der Waals surface area (Å²) in [5, 5.41) is 19.8. The minimum atomic E-state index is -0.236. The van der Waals surface area contributed by atoms with Crippen molar-refractivity contribution in [3.05, 3.63) is 24.3 Å². The lowest BCUT2D eigenvalue weighted by Crippen LogP contribution is -2.27. The van der Waals surface area contributed by atoms with Gasteiger partial charge in [-0.1, -0.05) is 24.6 Å². The molecule has 6 heteroatoms. The second-order valence-electron chi connectivity index (χ2n) is 5.60. The fourth-order valence-electron chi connectivity index (χ4n) is 2.76. The summed E-state index contributed by atoms with van der Waals surface area (Å²) < 4.78 is 7.17. The number of aromatic nitrogens is 3. The van der Waals surface area contributed by atoms with Gasteiger partial charge in [0, 0.05) is 17.9 Å². The monoisotopic (exact) mass is 319 g/mol. The van der Waals surface area contributed by atoms with E-state index in [9.17, 15) is 5.11 Å². The molecule has 1 aliphatic rings. The van der Waals surface area contributed by atoms with E-state index in [1.165, 1.54) is 6.42 Å². The summed E-state index contributed by atoms with van der Waals surface area (Å²) in [6.45, 7) is 0. The zero-order valence-corrected chi connectivity index (χ0v) is 13.7. The number of nitrogens with zero attached hydrogens (tertiary/aromatic N) is 3. The molecule has 1 N–H and O–H groups in total. The molecule has 22 heavy (non-hydrogen) atoms. The third-order valence-corrected chi connectivity index (χ3v) is 5.53. The van der Waals surface area contributed by atoms with Crippen molar-refractivity contribution in [3.8, 4) is 17.1 Å². The molecule has 0 amide bonds. The summed E-state index contributed by atoms with van der Waals surface area (Å²) in [5.41, 5.74) is 1.01. The predicted molar refractivity (Wildman–Crippen MR) is 87.1 cm³/mol. The summed E-state index contributed by atoms with van der Waals surface area (Å²) in [6.07, 6.45) is 3.99. The lowest BCUT2D eigenvalue weighted by molar-refractivity contribution is 0.137. The Balaban J connectivity index is 1.78.